The Kier molecular flexibility index (Phi) is 4.79. The van der Waals surface area contributed by atoms with Gasteiger partial charge in [-0.1, -0.05) is 12.1 Å². The van der Waals surface area contributed by atoms with Gasteiger partial charge < -0.3 is 15.8 Å². The van der Waals surface area contributed by atoms with Gasteiger partial charge in [-0.05, 0) is 26.0 Å². The number of amides is 1. The van der Waals surface area contributed by atoms with Crippen LogP contribution in [0.3, 0.4) is 0 Å². The second-order valence-corrected chi connectivity index (χ2v) is 3.62. The molecule has 1 rings (SSSR count). The number of para-hydroxylation sites is 1. The Labute approximate surface area is 95.8 Å². The number of benzene rings is 1. The van der Waals surface area contributed by atoms with E-state index in [9.17, 15) is 4.79 Å². The summed E-state index contributed by atoms with van der Waals surface area (Å²) in [7, 11) is 0. The summed E-state index contributed by atoms with van der Waals surface area (Å²) < 4.78 is 5.37. The Morgan fingerprint density at radius 1 is 1.50 bits per heavy atom. The van der Waals surface area contributed by atoms with E-state index in [4.69, 9.17) is 10.5 Å². The highest BCUT2D eigenvalue weighted by Crippen LogP contribution is 2.17. The Hall–Kier alpha value is -1.55. The molecule has 1 amide bonds. The SMILES string of the molecule is CCOc1ccccc1C(=O)NCC(C)N. The van der Waals surface area contributed by atoms with Crippen molar-refractivity contribution in [1.29, 1.82) is 0 Å². The Bertz CT molecular complexity index is 351. The number of nitrogens with one attached hydrogen (secondary N) is 1. The molecular weight excluding hydrogens is 204 g/mol. The lowest BCUT2D eigenvalue weighted by molar-refractivity contribution is 0.0948. The van der Waals surface area contributed by atoms with Crippen molar-refractivity contribution in [3.05, 3.63) is 29.8 Å². The standard InChI is InChI=1S/C12H18N2O2/c1-3-16-11-7-5-4-6-10(11)12(15)14-8-9(2)13/h4-7,9H,3,8,13H2,1-2H3,(H,14,15). The molecule has 0 aromatic heterocycles. The van der Waals surface area contributed by atoms with Crippen molar-refractivity contribution >= 4 is 5.91 Å². The van der Waals surface area contributed by atoms with Gasteiger partial charge in [0.1, 0.15) is 5.75 Å². The van der Waals surface area contributed by atoms with Crippen LogP contribution in [0.1, 0.15) is 24.2 Å². The molecule has 1 atom stereocenters. The third-order valence-corrected chi connectivity index (χ3v) is 2.02. The zero-order chi connectivity index (χ0) is 12.0. The zero-order valence-corrected chi connectivity index (χ0v) is 9.69. The van der Waals surface area contributed by atoms with Crippen LogP contribution in [0.4, 0.5) is 0 Å². The molecular formula is C12H18N2O2. The maximum Gasteiger partial charge on any atom is 0.255 e. The van der Waals surface area contributed by atoms with Crippen LogP contribution < -0.4 is 15.8 Å². The second-order valence-electron chi connectivity index (χ2n) is 3.62. The molecule has 0 fully saturated rings. The van der Waals surface area contributed by atoms with Gasteiger partial charge in [0, 0.05) is 12.6 Å². The Morgan fingerprint density at radius 2 is 2.19 bits per heavy atom. The minimum Gasteiger partial charge on any atom is -0.493 e. The molecule has 0 saturated heterocycles. The van der Waals surface area contributed by atoms with Gasteiger partial charge in [0.05, 0.1) is 12.2 Å². The van der Waals surface area contributed by atoms with Crippen LogP contribution in [0.15, 0.2) is 24.3 Å². The monoisotopic (exact) mass is 222 g/mol. The van der Waals surface area contributed by atoms with E-state index < -0.39 is 0 Å². The molecule has 0 aliphatic carbocycles. The summed E-state index contributed by atoms with van der Waals surface area (Å²) in [5, 5.41) is 2.75. The molecule has 88 valence electrons. The number of ether oxygens (including phenoxy) is 1. The minimum absolute atomic E-state index is 0.0526. The molecule has 4 heteroatoms. The molecule has 16 heavy (non-hydrogen) atoms. The van der Waals surface area contributed by atoms with Gasteiger partial charge in [-0.25, -0.2) is 0 Å². The average molecular weight is 222 g/mol. The summed E-state index contributed by atoms with van der Waals surface area (Å²) in [6, 6.07) is 7.12. The lowest BCUT2D eigenvalue weighted by Crippen LogP contribution is -2.35. The van der Waals surface area contributed by atoms with E-state index in [0.717, 1.165) is 0 Å². The maximum atomic E-state index is 11.8. The van der Waals surface area contributed by atoms with Crippen molar-refractivity contribution in [3.63, 3.8) is 0 Å². The van der Waals surface area contributed by atoms with E-state index in [1.54, 1.807) is 12.1 Å². The number of nitrogens with two attached hydrogens (primary N) is 1. The molecule has 0 heterocycles. The van der Waals surface area contributed by atoms with Crippen LogP contribution >= 0.6 is 0 Å². The van der Waals surface area contributed by atoms with Gasteiger partial charge in [-0.2, -0.15) is 0 Å². The first-order chi connectivity index (χ1) is 7.65. The summed E-state index contributed by atoms with van der Waals surface area (Å²) in [5.41, 5.74) is 6.12. The summed E-state index contributed by atoms with van der Waals surface area (Å²) in [6.45, 7) is 4.72. The summed E-state index contributed by atoms with van der Waals surface area (Å²) in [6.07, 6.45) is 0. The number of carbonyl (C=O) groups excluding carboxylic acids is 1. The summed E-state index contributed by atoms with van der Waals surface area (Å²) in [4.78, 5) is 11.8. The van der Waals surface area contributed by atoms with Gasteiger partial charge in [0.15, 0.2) is 0 Å². The first-order valence-corrected chi connectivity index (χ1v) is 5.40. The van der Waals surface area contributed by atoms with Crippen LogP contribution in [0.5, 0.6) is 5.75 Å². The highest BCUT2D eigenvalue weighted by molar-refractivity contribution is 5.96. The van der Waals surface area contributed by atoms with Crippen molar-refractivity contribution < 1.29 is 9.53 Å². The third-order valence-electron chi connectivity index (χ3n) is 2.02. The topological polar surface area (TPSA) is 64.3 Å². The number of hydrogen-bond acceptors (Lipinski definition) is 3. The summed E-state index contributed by atoms with van der Waals surface area (Å²) >= 11 is 0. The molecule has 0 bridgehead atoms. The summed E-state index contributed by atoms with van der Waals surface area (Å²) in [5.74, 6) is 0.452. The molecule has 0 spiro atoms. The third kappa shape index (κ3) is 3.55. The van der Waals surface area contributed by atoms with Crippen LogP contribution in [0, 0.1) is 0 Å². The molecule has 4 nitrogen and oxygen atoms in total. The predicted octanol–water partition coefficient (Wildman–Crippen LogP) is 1.16. The van der Waals surface area contributed by atoms with Crippen LogP contribution in [-0.4, -0.2) is 25.1 Å². The van der Waals surface area contributed by atoms with Crippen molar-refractivity contribution in [2.24, 2.45) is 5.73 Å². The quantitative estimate of drug-likeness (QED) is 0.785. The van der Waals surface area contributed by atoms with Gasteiger partial charge in [0.2, 0.25) is 0 Å². The molecule has 0 aliphatic heterocycles. The first kappa shape index (κ1) is 12.5. The van der Waals surface area contributed by atoms with E-state index >= 15 is 0 Å². The molecule has 0 radical (unpaired) electrons. The van der Waals surface area contributed by atoms with Crippen LogP contribution in [0.2, 0.25) is 0 Å². The van der Waals surface area contributed by atoms with E-state index in [1.807, 2.05) is 26.0 Å². The minimum atomic E-state index is -0.152. The van der Waals surface area contributed by atoms with Crippen molar-refractivity contribution in [2.75, 3.05) is 13.2 Å². The van der Waals surface area contributed by atoms with Gasteiger partial charge in [0.25, 0.3) is 5.91 Å². The Morgan fingerprint density at radius 3 is 2.81 bits per heavy atom. The molecule has 0 aliphatic rings. The number of carbonyl (C=O) groups is 1. The molecule has 3 N–H and O–H groups in total. The molecule has 1 aromatic rings. The van der Waals surface area contributed by atoms with Gasteiger partial charge in [-0.15, -0.1) is 0 Å². The highest BCUT2D eigenvalue weighted by Gasteiger charge is 2.11. The van der Waals surface area contributed by atoms with E-state index in [-0.39, 0.29) is 11.9 Å². The fourth-order valence-electron chi connectivity index (χ4n) is 1.28. The van der Waals surface area contributed by atoms with Crippen LogP contribution in [0.25, 0.3) is 0 Å². The normalized spacial score (nSPS) is 11.9. The van der Waals surface area contributed by atoms with Crippen LogP contribution in [-0.2, 0) is 0 Å². The second kappa shape index (κ2) is 6.12. The fourth-order valence-corrected chi connectivity index (χ4v) is 1.28. The highest BCUT2D eigenvalue weighted by atomic mass is 16.5. The maximum absolute atomic E-state index is 11.8. The number of hydrogen-bond donors (Lipinski definition) is 2. The number of rotatable bonds is 5. The predicted molar refractivity (Wildman–Crippen MR) is 63.6 cm³/mol. The lowest BCUT2D eigenvalue weighted by Gasteiger charge is -2.11. The Balaban J connectivity index is 2.73. The zero-order valence-electron chi connectivity index (χ0n) is 9.69. The molecule has 1 unspecified atom stereocenters. The van der Waals surface area contributed by atoms with Crippen molar-refractivity contribution in [2.45, 2.75) is 19.9 Å². The van der Waals surface area contributed by atoms with E-state index in [0.29, 0.717) is 24.5 Å². The average Bonchev–Trinajstić information content (AvgIpc) is 2.27. The fraction of sp³-hybridized carbons (Fsp3) is 0.417. The first-order valence-electron chi connectivity index (χ1n) is 5.40. The lowest BCUT2D eigenvalue weighted by atomic mass is 10.2. The molecule has 0 saturated carbocycles. The van der Waals surface area contributed by atoms with Crippen molar-refractivity contribution in [1.82, 2.24) is 5.32 Å². The molecule has 1 aromatic carbocycles. The van der Waals surface area contributed by atoms with E-state index in [2.05, 4.69) is 5.32 Å². The van der Waals surface area contributed by atoms with Gasteiger partial charge >= 0.3 is 0 Å². The smallest absolute Gasteiger partial charge is 0.255 e. The van der Waals surface area contributed by atoms with Crippen molar-refractivity contribution in [3.8, 4) is 5.75 Å². The van der Waals surface area contributed by atoms with E-state index in [1.165, 1.54) is 0 Å². The van der Waals surface area contributed by atoms with Gasteiger partial charge in [-0.3, -0.25) is 4.79 Å². The largest absolute Gasteiger partial charge is 0.493 e.